The largest absolute Gasteiger partial charge is 0.0836 e. The van der Waals surface area contributed by atoms with Gasteiger partial charge in [-0.15, -0.1) is 0 Å². The molecule has 1 atom stereocenters. The molecule has 0 aromatic heterocycles. The van der Waals surface area contributed by atoms with Gasteiger partial charge in [-0.3, -0.25) is 0 Å². The van der Waals surface area contributed by atoms with Gasteiger partial charge in [0.15, 0.2) is 0 Å². The van der Waals surface area contributed by atoms with Crippen LogP contribution in [0.3, 0.4) is 0 Å². The van der Waals surface area contributed by atoms with Crippen LogP contribution in [0.25, 0.3) is 0 Å². The Balaban J connectivity index is 2.00. The fourth-order valence-electron chi connectivity index (χ4n) is 3.83. The van der Waals surface area contributed by atoms with Crippen molar-refractivity contribution in [2.24, 2.45) is 0 Å². The third-order valence-corrected chi connectivity index (χ3v) is 7.22. The molecule has 23 heavy (non-hydrogen) atoms. The maximum absolute atomic E-state index is 2.44. The van der Waals surface area contributed by atoms with E-state index in [9.17, 15) is 0 Å². The second-order valence-electron chi connectivity index (χ2n) is 7.84. The van der Waals surface area contributed by atoms with E-state index in [0.29, 0.717) is 5.92 Å². The van der Waals surface area contributed by atoms with Gasteiger partial charge in [-0.2, -0.15) is 0 Å². The molecule has 0 saturated heterocycles. The number of aryl methyl sites for hydroxylation is 1. The van der Waals surface area contributed by atoms with Crippen LogP contribution in [0, 0.1) is 6.92 Å². The molecule has 0 radical (unpaired) electrons. The van der Waals surface area contributed by atoms with Crippen molar-refractivity contribution < 1.29 is 0 Å². The summed E-state index contributed by atoms with van der Waals surface area (Å²) in [6.07, 6.45) is 13.8. The first-order chi connectivity index (χ1) is 10.9. The lowest BCUT2D eigenvalue weighted by molar-refractivity contribution is 0.827. The molecule has 1 heteroatoms. The minimum absolute atomic E-state index is 0.495. The molecule has 0 saturated carbocycles. The van der Waals surface area contributed by atoms with E-state index in [1.165, 1.54) is 27.8 Å². The maximum Gasteiger partial charge on any atom is 0.0779 e. The Labute approximate surface area is 142 Å². The van der Waals surface area contributed by atoms with E-state index >= 15 is 0 Å². The highest BCUT2D eigenvalue weighted by molar-refractivity contribution is 6.89. The van der Waals surface area contributed by atoms with Gasteiger partial charge in [0.25, 0.3) is 0 Å². The van der Waals surface area contributed by atoms with Gasteiger partial charge in [-0.05, 0) is 42.0 Å². The fraction of sp³-hybridized carbons (Fsp3) is 0.364. The van der Waals surface area contributed by atoms with Crippen LogP contribution >= 0.6 is 0 Å². The number of hydrogen-bond donors (Lipinski definition) is 0. The van der Waals surface area contributed by atoms with E-state index in [1.54, 1.807) is 5.19 Å². The van der Waals surface area contributed by atoms with Crippen LogP contribution in [0.4, 0.5) is 0 Å². The molecular formula is C22H28Si. The van der Waals surface area contributed by atoms with Crippen molar-refractivity contribution in [2.45, 2.75) is 52.2 Å². The van der Waals surface area contributed by atoms with Crippen molar-refractivity contribution in [1.82, 2.24) is 0 Å². The van der Waals surface area contributed by atoms with Crippen LogP contribution < -0.4 is 5.19 Å². The van der Waals surface area contributed by atoms with Crippen LogP contribution in [0.2, 0.25) is 19.6 Å². The van der Waals surface area contributed by atoms with Gasteiger partial charge in [0.05, 0.1) is 8.07 Å². The van der Waals surface area contributed by atoms with Crippen molar-refractivity contribution in [3.63, 3.8) is 0 Å². The Bertz CT molecular complexity index is 736. The zero-order valence-corrected chi connectivity index (χ0v) is 16.1. The summed E-state index contributed by atoms with van der Waals surface area (Å²) in [4.78, 5) is 0. The van der Waals surface area contributed by atoms with E-state index in [-0.39, 0.29) is 0 Å². The first kappa shape index (κ1) is 16.3. The molecule has 0 amide bonds. The molecule has 2 aliphatic rings. The van der Waals surface area contributed by atoms with Gasteiger partial charge in [-0.25, -0.2) is 0 Å². The molecule has 2 aliphatic carbocycles. The summed E-state index contributed by atoms with van der Waals surface area (Å²) in [6.45, 7) is 11.8. The lowest BCUT2D eigenvalue weighted by Gasteiger charge is -2.23. The number of fused-ring (bicyclic) bond motifs is 1. The zero-order chi connectivity index (χ0) is 16.6. The summed E-state index contributed by atoms with van der Waals surface area (Å²) in [5.74, 6) is 0.495. The monoisotopic (exact) mass is 320 g/mol. The lowest BCUT2D eigenvalue weighted by Crippen LogP contribution is -2.39. The molecular weight excluding hydrogens is 292 g/mol. The molecule has 1 aromatic rings. The van der Waals surface area contributed by atoms with Gasteiger partial charge in [-0.1, -0.05) is 85.9 Å². The minimum Gasteiger partial charge on any atom is -0.0836 e. The molecule has 0 N–H and O–H groups in total. The average Bonchev–Trinajstić information content (AvgIpc) is 2.79. The van der Waals surface area contributed by atoms with E-state index in [4.69, 9.17) is 0 Å². The molecule has 0 aliphatic heterocycles. The smallest absolute Gasteiger partial charge is 0.0779 e. The Morgan fingerprint density at radius 2 is 1.91 bits per heavy atom. The molecule has 120 valence electrons. The lowest BCUT2D eigenvalue weighted by atomic mass is 9.86. The number of allylic oxidation sites excluding steroid dienone is 8. The van der Waals surface area contributed by atoms with Crippen molar-refractivity contribution in [2.75, 3.05) is 0 Å². The maximum atomic E-state index is 2.44. The topological polar surface area (TPSA) is 0 Å². The molecule has 1 unspecified atom stereocenters. The van der Waals surface area contributed by atoms with E-state index in [0.717, 1.165) is 12.8 Å². The van der Waals surface area contributed by atoms with E-state index in [1.807, 2.05) is 0 Å². The van der Waals surface area contributed by atoms with Crippen LogP contribution in [0.1, 0.15) is 36.8 Å². The Hall–Kier alpha value is -1.60. The summed E-state index contributed by atoms with van der Waals surface area (Å²) in [7, 11) is -1.25. The Morgan fingerprint density at radius 3 is 2.57 bits per heavy atom. The zero-order valence-electron chi connectivity index (χ0n) is 15.1. The van der Waals surface area contributed by atoms with Gasteiger partial charge in [0.2, 0.25) is 0 Å². The van der Waals surface area contributed by atoms with E-state index in [2.05, 4.69) is 82.1 Å². The molecule has 0 heterocycles. The van der Waals surface area contributed by atoms with Crippen molar-refractivity contribution >= 4 is 13.3 Å². The standard InChI is InChI=1S/C22H28Si/c1-6-17-14-18-9-7-8-10-20(21(18)15-17)19-11-12-22(16(2)13-19)23(3,4)5/h7-9,11-15,20H,6,10H2,1-5H3. The predicted molar refractivity (Wildman–Crippen MR) is 105 cm³/mol. The number of hydrogen-bond acceptors (Lipinski definition) is 0. The molecule has 0 bridgehead atoms. The van der Waals surface area contributed by atoms with E-state index < -0.39 is 8.07 Å². The molecule has 3 rings (SSSR count). The number of benzene rings is 1. The predicted octanol–water partition coefficient (Wildman–Crippen LogP) is 5.79. The van der Waals surface area contributed by atoms with Gasteiger partial charge < -0.3 is 0 Å². The third-order valence-electron chi connectivity index (χ3n) is 5.04. The van der Waals surface area contributed by atoms with Gasteiger partial charge in [0, 0.05) is 5.92 Å². The quantitative estimate of drug-likeness (QED) is 0.619. The van der Waals surface area contributed by atoms with Crippen molar-refractivity contribution in [3.05, 3.63) is 76.4 Å². The third kappa shape index (κ3) is 3.21. The van der Waals surface area contributed by atoms with Crippen molar-refractivity contribution in [1.29, 1.82) is 0 Å². The Morgan fingerprint density at radius 1 is 1.13 bits per heavy atom. The van der Waals surface area contributed by atoms with Crippen LogP contribution in [-0.2, 0) is 0 Å². The summed E-state index contributed by atoms with van der Waals surface area (Å²) in [5.41, 5.74) is 7.32. The highest BCUT2D eigenvalue weighted by Crippen LogP contribution is 2.40. The van der Waals surface area contributed by atoms with Crippen molar-refractivity contribution in [3.8, 4) is 0 Å². The summed E-state index contributed by atoms with van der Waals surface area (Å²) >= 11 is 0. The summed E-state index contributed by atoms with van der Waals surface area (Å²) in [5, 5.41) is 1.59. The minimum atomic E-state index is -1.25. The fourth-order valence-corrected chi connectivity index (χ4v) is 5.67. The van der Waals surface area contributed by atoms with Gasteiger partial charge >= 0.3 is 0 Å². The Kier molecular flexibility index (Phi) is 4.33. The first-order valence-corrected chi connectivity index (χ1v) is 12.3. The first-order valence-electron chi connectivity index (χ1n) is 8.80. The van der Waals surface area contributed by atoms with Crippen LogP contribution in [0.5, 0.6) is 0 Å². The molecule has 0 fully saturated rings. The second-order valence-corrected chi connectivity index (χ2v) is 12.9. The average molecular weight is 321 g/mol. The molecule has 0 nitrogen and oxygen atoms in total. The SMILES string of the molecule is CCC1=CC2=CC=CCC(c3ccc([Si](C)(C)C)c(C)c3)C2=C1. The summed E-state index contributed by atoms with van der Waals surface area (Å²) in [6, 6.07) is 7.23. The van der Waals surface area contributed by atoms with Crippen LogP contribution in [-0.4, -0.2) is 8.07 Å². The number of rotatable bonds is 3. The van der Waals surface area contributed by atoms with Gasteiger partial charge in [0.1, 0.15) is 0 Å². The highest BCUT2D eigenvalue weighted by atomic mass is 28.3. The molecule has 0 spiro atoms. The normalized spacial score (nSPS) is 20.6. The summed E-state index contributed by atoms with van der Waals surface area (Å²) < 4.78 is 0. The highest BCUT2D eigenvalue weighted by Gasteiger charge is 2.25. The van der Waals surface area contributed by atoms with Crippen LogP contribution in [0.15, 0.2) is 65.3 Å². The second kappa shape index (κ2) is 6.12. The molecule has 1 aromatic carbocycles.